The lowest BCUT2D eigenvalue weighted by atomic mass is 9.58. The molecule has 1 saturated carbocycles. The highest BCUT2D eigenvalue weighted by molar-refractivity contribution is 6.93. The smallest absolute Gasteiger partial charge is 0.299 e. The van der Waals surface area contributed by atoms with Gasteiger partial charge in [0.05, 0.1) is 0 Å². The molecule has 1 aliphatic heterocycles. The molecule has 1 fully saturated rings. The predicted molar refractivity (Wildman–Crippen MR) is 84.3 cm³/mol. The maximum atomic E-state index is 7.97. The van der Waals surface area contributed by atoms with Gasteiger partial charge in [-0.2, -0.15) is 0 Å². The molecule has 0 aromatic heterocycles. The third-order valence-corrected chi connectivity index (χ3v) is 4.44. The van der Waals surface area contributed by atoms with Crippen molar-refractivity contribution in [2.75, 3.05) is 0 Å². The van der Waals surface area contributed by atoms with Crippen LogP contribution in [0.15, 0.2) is 46.5 Å². The van der Waals surface area contributed by atoms with Crippen molar-refractivity contribution in [3.63, 3.8) is 0 Å². The van der Waals surface area contributed by atoms with Crippen molar-refractivity contribution >= 4 is 12.5 Å². The SMILES string of the molecule is CC1=C2CC2=C(C)C(C)/C=C\C(=N)B(N)/C=C\C1C. The Hall–Kier alpha value is -1.35. The zero-order valence-electron chi connectivity index (χ0n) is 12.3. The average Bonchev–Trinajstić information content (AvgIpc) is 3.18. The molecule has 2 unspecified atom stereocenters. The van der Waals surface area contributed by atoms with E-state index in [2.05, 4.69) is 39.8 Å². The molecule has 0 radical (unpaired) electrons. The molecule has 0 amide bonds. The molecule has 3 N–H and O–H groups in total. The molecular weight excluding hydrogens is 231 g/mol. The van der Waals surface area contributed by atoms with Crippen LogP contribution in [0, 0.1) is 17.2 Å². The Morgan fingerprint density at radius 3 is 2.21 bits per heavy atom. The number of allylic oxidation sites excluding steroid dienone is 7. The van der Waals surface area contributed by atoms with Gasteiger partial charge >= 0.3 is 0 Å². The van der Waals surface area contributed by atoms with E-state index in [9.17, 15) is 0 Å². The number of nitrogens with two attached hydrogens (primary N) is 1. The minimum absolute atomic E-state index is 0.300. The lowest BCUT2D eigenvalue weighted by molar-refractivity contribution is 0.851. The average molecular weight is 254 g/mol. The topological polar surface area (TPSA) is 49.9 Å². The second-order valence-corrected chi connectivity index (χ2v) is 5.80. The van der Waals surface area contributed by atoms with Crippen LogP contribution in [0.5, 0.6) is 0 Å². The summed E-state index contributed by atoms with van der Waals surface area (Å²) in [6, 6.07) is 0. The Bertz CT molecular complexity index is 523. The van der Waals surface area contributed by atoms with E-state index in [0.717, 1.165) is 6.42 Å². The van der Waals surface area contributed by atoms with E-state index in [1.165, 1.54) is 22.3 Å². The van der Waals surface area contributed by atoms with Gasteiger partial charge in [0.1, 0.15) is 0 Å². The monoisotopic (exact) mass is 254 g/mol. The van der Waals surface area contributed by atoms with Crippen molar-refractivity contribution in [2.45, 2.75) is 34.1 Å². The van der Waals surface area contributed by atoms with E-state index in [1.807, 2.05) is 12.1 Å². The third kappa shape index (κ3) is 2.98. The molecule has 0 aromatic carbocycles. The highest BCUT2D eigenvalue weighted by Crippen LogP contribution is 2.45. The zero-order chi connectivity index (χ0) is 14.2. The molecule has 0 bridgehead atoms. The highest BCUT2D eigenvalue weighted by Gasteiger charge is 2.28. The van der Waals surface area contributed by atoms with Crippen molar-refractivity contribution in [2.24, 2.45) is 17.5 Å². The summed E-state index contributed by atoms with van der Waals surface area (Å²) < 4.78 is 0. The van der Waals surface area contributed by atoms with Gasteiger partial charge in [0.15, 0.2) is 0 Å². The summed E-state index contributed by atoms with van der Waals surface area (Å²) in [7, 11) is 0. The first-order chi connectivity index (χ1) is 8.91. The largest absolute Gasteiger partial charge is 0.361 e. The molecule has 2 aliphatic rings. The molecule has 0 aromatic rings. The van der Waals surface area contributed by atoms with Crippen LogP contribution in [0.3, 0.4) is 0 Å². The zero-order valence-corrected chi connectivity index (χ0v) is 12.3. The molecule has 0 spiro atoms. The molecule has 1 heterocycles. The fourth-order valence-corrected chi connectivity index (χ4v) is 2.47. The van der Waals surface area contributed by atoms with Crippen LogP contribution in [-0.4, -0.2) is 12.5 Å². The number of nitrogens with one attached hydrogen (secondary N) is 1. The van der Waals surface area contributed by atoms with E-state index in [4.69, 9.17) is 11.1 Å². The second kappa shape index (κ2) is 5.34. The van der Waals surface area contributed by atoms with Crippen LogP contribution in [0.2, 0.25) is 0 Å². The Kier molecular flexibility index (Phi) is 3.95. The maximum absolute atomic E-state index is 7.97. The molecular formula is C16H23BN2. The van der Waals surface area contributed by atoms with Crippen LogP contribution in [-0.2, 0) is 0 Å². The molecule has 100 valence electrons. The van der Waals surface area contributed by atoms with Crippen LogP contribution in [0.4, 0.5) is 0 Å². The lowest BCUT2D eigenvalue weighted by Gasteiger charge is -2.11. The van der Waals surface area contributed by atoms with E-state index < -0.39 is 0 Å². The van der Waals surface area contributed by atoms with E-state index >= 15 is 0 Å². The normalized spacial score (nSPS) is 31.6. The minimum atomic E-state index is -0.300. The number of fused-ring (bicyclic) bond motifs is 1. The van der Waals surface area contributed by atoms with Gasteiger partial charge in [0.2, 0.25) is 0 Å². The van der Waals surface area contributed by atoms with E-state index in [-0.39, 0.29) is 6.85 Å². The Labute approximate surface area is 116 Å². The summed E-state index contributed by atoms with van der Waals surface area (Å²) in [4.78, 5) is 0. The van der Waals surface area contributed by atoms with Gasteiger partial charge in [-0.3, -0.25) is 0 Å². The molecule has 1 aliphatic carbocycles. The van der Waals surface area contributed by atoms with Gasteiger partial charge in [0.25, 0.3) is 6.85 Å². The van der Waals surface area contributed by atoms with Crippen molar-refractivity contribution in [3.8, 4) is 0 Å². The predicted octanol–water partition coefficient (Wildman–Crippen LogP) is 3.47. The summed E-state index contributed by atoms with van der Waals surface area (Å²) in [6.45, 7) is 8.51. The summed E-state index contributed by atoms with van der Waals surface area (Å²) in [5, 5.41) is 7.97. The Morgan fingerprint density at radius 1 is 1.11 bits per heavy atom. The third-order valence-electron chi connectivity index (χ3n) is 4.44. The van der Waals surface area contributed by atoms with Crippen molar-refractivity contribution in [1.82, 2.24) is 0 Å². The Balaban J connectivity index is 2.42. The standard InChI is InChI=1S/C16H23BN2/c1-10-5-6-16(18)17(19)8-7-11(2)13(4)15-9-14(15)12(10)3/h5-8,10-11,18H,9,19H2,1-4H3/b6-5-,8-7-,14-12?,15-13?,18-16?. The number of hydrogen-bond acceptors (Lipinski definition) is 2. The van der Waals surface area contributed by atoms with Gasteiger partial charge in [-0.05, 0) is 43.3 Å². The first-order valence-electron chi connectivity index (χ1n) is 7.02. The summed E-state index contributed by atoms with van der Waals surface area (Å²) >= 11 is 0. The van der Waals surface area contributed by atoms with Crippen molar-refractivity contribution in [1.29, 1.82) is 5.41 Å². The van der Waals surface area contributed by atoms with E-state index in [0.29, 0.717) is 17.4 Å². The summed E-state index contributed by atoms with van der Waals surface area (Å²) in [5.41, 5.74) is 12.4. The number of rotatable bonds is 0. The highest BCUT2D eigenvalue weighted by atomic mass is 14.5. The minimum Gasteiger partial charge on any atom is -0.361 e. The number of hydrogen-bond donors (Lipinski definition) is 2. The molecule has 2 atom stereocenters. The van der Waals surface area contributed by atoms with Crippen LogP contribution in [0.25, 0.3) is 0 Å². The van der Waals surface area contributed by atoms with Crippen molar-refractivity contribution in [3.05, 3.63) is 46.5 Å². The maximum Gasteiger partial charge on any atom is 0.299 e. The van der Waals surface area contributed by atoms with Gasteiger partial charge in [-0.25, -0.2) is 0 Å². The molecule has 3 heteroatoms. The van der Waals surface area contributed by atoms with Gasteiger partial charge in [0, 0.05) is 5.61 Å². The summed E-state index contributed by atoms with van der Waals surface area (Å²) in [6.07, 6.45) is 7.21. The quantitative estimate of drug-likeness (QED) is 0.639. The molecule has 2 rings (SSSR count). The molecule has 19 heavy (non-hydrogen) atoms. The van der Waals surface area contributed by atoms with Crippen LogP contribution < -0.4 is 5.64 Å². The first-order valence-corrected chi connectivity index (χ1v) is 7.02. The fourth-order valence-electron chi connectivity index (χ4n) is 2.47. The Morgan fingerprint density at radius 2 is 1.63 bits per heavy atom. The fraction of sp³-hybridized carbons (Fsp3) is 0.438. The van der Waals surface area contributed by atoms with Crippen molar-refractivity contribution < 1.29 is 0 Å². The van der Waals surface area contributed by atoms with E-state index in [1.54, 1.807) is 0 Å². The van der Waals surface area contributed by atoms with Gasteiger partial charge < -0.3 is 11.1 Å². The van der Waals surface area contributed by atoms with Gasteiger partial charge in [-0.15, -0.1) is 0 Å². The second-order valence-electron chi connectivity index (χ2n) is 5.80. The first kappa shape index (κ1) is 14.1. The van der Waals surface area contributed by atoms with Crippen LogP contribution in [0.1, 0.15) is 34.1 Å². The lowest BCUT2D eigenvalue weighted by Crippen LogP contribution is -2.32. The molecule has 0 saturated heterocycles. The van der Waals surface area contributed by atoms with Crippen LogP contribution >= 0.6 is 0 Å². The molecule has 2 nitrogen and oxygen atoms in total. The summed E-state index contributed by atoms with van der Waals surface area (Å²) in [5.74, 6) is 2.73. The van der Waals surface area contributed by atoms with Gasteiger partial charge in [-0.1, -0.05) is 49.2 Å².